The minimum absolute atomic E-state index is 0.0394. The van der Waals surface area contributed by atoms with Crippen molar-refractivity contribution in [1.29, 1.82) is 0 Å². The summed E-state index contributed by atoms with van der Waals surface area (Å²) in [6.45, 7) is 8.55. The third-order valence-electron chi connectivity index (χ3n) is 3.58. The predicted molar refractivity (Wildman–Crippen MR) is 78.4 cm³/mol. The fourth-order valence-corrected chi connectivity index (χ4v) is 1.90. The molecule has 0 radical (unpaired) electrons. The van der Waals surface area contributed by atoms with Gasteiger partial charge in [0.15, 0.2) is 5.82 Å². The van der Waals surface area contributed by atoms with Gasteiger partial charge < -0.3 is 10.5 Å². The molecule has 0 aliphatic carbocycles. The Morgan fingerprint density at radius 3 is 2.60 bits per heavy atom. The van der Waals surface area contributed by atoms with Crippen molar-refractivity contribution in [3.8, 4) is 17.1 Å². The SMILES string of the molecule is COc1ccc(N)cc1-c1nnnn1C(C)C(C)(C)C. The van der Waals surface area contributed by atoms with Gasteiger partial charge in [-0.25, -0.2) is 4.68 Å². The lowest BCUT2D eigenvalue weighted by Gasteiger charge is -2.27. The van der Waals surface area contributed by atoms with Crippen LogP contribution >= 0.6 is 0 Å². The van der Waals surface area contributed by atoms with Gasteiger partial charge in [0.05, 0.1) is 18.7 Å². The van der Waals surface area contributed by atoms with E-state index in [4.69, 9.17) is 10.5 Å². The average molecular weight is 275 g/mol. The third kappa shape index (κ3) is 2.59. The fourth-order valence-electron chi connectivity index (χ4n) is 1.90. The van der Waals surface area contributed by atoms with E-state index in [1.807, 2.05) is 16.8 Å². The number of rotatable bonds is 3. The van der Waals surface area contributed by atoms with Crippen LogP contribution in [0.5, 0.6) is 5.75 Å². The van der Waals surface area contributed by atoms with Crippen LogP contribution in [0.1, 0.15) is 33.7 Å². The molecule has 1 heterocycles. The van der Waals surface area contributed by atoms with Crippen molar-refractivity contribution in [3.05, 3.63) is 18.2 Å². The van der Waals surface area contributed by atoms with Crippen molar-refractivity contribution >= 4 is 5.69 Å². The molecular formula is C14H21N5O. The Bertz CT molecular complexity index is 600. The first-order chi connectivity index (χ1) is 9.34. The number of benzene rings is 1. The number of tetrazole rings is 1. The monoisotopic (exact) mass is 275 g/mol. The normalized spacial score (nSPS) is 13.2. The zero-order valence-corrected chi connectivity index (χ0v) is 12.6. The number of hydrogen-bond donors (Lipinski definition) is 1. The molecule has 2 aromatic rings. The van der Waals surface area contributed by atoms with Gasteiger partial charge in [-0.2, -0.15) is 0 Å². The zero-order valence-electron chi connectivity index (χ0n) is 12.6. The van der Waals surface area contributed by atoms with Gasteiger partial charge in [-0.15, -0.1) is 5.10 Å². The summed E-state index contributed by atoms with van der Waals surface area (Å²) in [6, 6.07) is 5.59. The van der Waals surface area contributed by atoms with E-state index >= 15 is 0 Å². The smallest absolute Gasteiger partial charge is 0.186 e. The van der Waals surface area contributed by atoms with Crippen molar-refractivity contribution in [3.63, 3.8) is 0 Å². The van der Waals surface area contributed by atoms with E-state index in [9.17, 15) is 0 Å². The summed E-state index contributed by atoms with van der Waals surface area (Å²) < 4.78 is 7.20. The van der Waals surface area contributed by atoms with Crippen LogP contribution in [0.4, 0.5) is 5.69 Å². The first-order valence-electron chi connectivity index (χ1n) is 6.56. The highest BCUT2D eigenvalue weighted by Crippen LogP contribution is 2.35. The van der Waals surface area contributed by atoms with Gasteiger partial charge in [-0.1, -0.05) is 20.8 Å². The van der Waals surface area contributed by atoms with Crippen molar-refractivity contribution < 1.29 is 4.74 Å². The molecule has 0 fully saturated rings. The van der Waals surface area contributed by atoms with Gasteiger partial charge in [-0.3, -0.25) is 0 Å². The Balaban J connectivity index is 2.55. The number of nitrogens with zero attached hydrogens (tertiary/aromatic N) is 4. The number of nitrogens with two attached hydrogens (primary N) is 1. The molecule has 2 N–H and O–H groups in total. The number of aromatic nitrogens is 4. The fraction of sp³-hybridized carbons (Fsp3) is 0.500. The number of hydrogen-bond acceptors (Lipinski definition) is 5. The summed E-state index contributed by atoms with van der Waals surface area (Å²) in [6.07, 6.45) is 0. The Kier molecular flexibility index (Phi) is 3.65. The number of anilines is 1. The first-order valence-corrected chi connectivity index (χ1v) is 6.56. The van der Waals surface area contributed by atoms with Gasteiger partial charge in [-0.05, 0) is 41.0 Å². The quantitative estimate of drug-likeness (QED) is 0.871. The topological polar surface area (TPSA) is 78.8 Å². The predicted octanol–water partition coefficient (Wildman–Crippen LogP) is 2.54. The third-order valence-corrected chi connectivity index (χ3v) is 3.58. The summed E-state index contributed by atoms with van der Waals surface area (Å²) >= 11 is 0. The maximum atomic E-state index is 5.87. The van der Waals surface area contributed by atoms with Gasteiger partial charge >= 0.3 is 0 Å². The van der Waals surface area contributed by atoms with Crippen molar-refractivity contribution in [2.24, 2.45) is 5.41 Å². The van der Waals surface area contributed by atoms with Crippen LogP contribution in [0.15, 0.2) is 18.2 Å². The van der Waals surface area contributed by atoms with Crippen LogP contribution in [0.2, 0.25) is 0 Å². The van der Waals surface area contributed by atoms with Gasteiger partial charge in [0.2, 0.25) is 0 Å². The lowest BCUT2D eigenvalue weighted by atomic mass is 9.88. The largest absolute Gasteiger partial charge is 0.496 e. The summed E-state index contributed by atoms with van der Waals surface area (Å²) in [4.78, 5) is 0. The maximum absolute atomic E-state index is 5.87. The van der Waals surface area contributed by atoms with Crippen molar-refractivity contribution in [2.45, 2.75) is 33.7 Å². The number of ether oxygens (including phenoxy) is 1. The Morgan fingerprint density at radius 2 is 2.00 bits per heavy atom. The lowest BCUT2D eigenvalue weighted by Crippen LogP contribution is -2.23. The maximum Gasteiger partial charge on any atom is 0.186 e. The van der Waals surface area contributed by atoms with Crippen LogP contribution in [0, 0.1) is 5.41 Å². The van der Waals surface area contributed by atoms with E-state index in [-0.39, 0.29) is 11.5 Å². The molecule has 1 unspecified atom stereocenters. The molecular weight excluding hydrogens is 254 g/mol. The molecule has 0 amide bonds. The molecule has 0 aliphatic heterocycles. The summed E-state index contributed by atoms with van der Waals surface area (Å²) in [5, 5.41) is 12.1. The molecule has 0 spiro atoms. The number of nitrogen functional groups attached to an aromatic ring is 1. The minimum Gasteiger partial charge on any atom is -0.496 e. The van der Waals surface area contributed by atoms with Crippen molar-refractivity contribution in [2.75, 3.05) is 12.8 Å². The van der Waals surface area contributed by atoms with E-state index in [1.54, 1.807) is 13.2 Å². The summed E-state index contributed by atoms with van der Waals surface area (Å²) in [7, 11) is 1.62. The lowest BCUT2D eigenvalue weighted by molar-refractivity contribution is 0.243. The molecule has 0 saturated heterocycles. The van der Waals surface area contributed by atoms with Crippen molar-refractivity contribution in [1.82, 2.24) is 20.2 Å². The van der Waals surface area contributed by atoms with Crippen LogP contribution in [0.3, 0.4) is 0 Å². The number of methoxy groups -OCH3 is 1. The first kappa shape index (κ1) is 14.3. The van der Waals surface area contributed by atoms with Crippen LogP contribution < -0.4 is 10.5 Å². The molecule has 108 valence electrons. The summed E-state index contributed by atoms with van der Waals surface area (Å²) in [5.74, 6) is 1.37. The van der Waals surface area contributed by atoms with Gasteiger partial charge in [0, 0.05) is 5.69 Å². The van der Waals surface area contributed by atoms with Crippen LogP contribution in [-0.4, -0.2) is 27.3 Å². The minimum atomic E-state index is 0.0394. The second kappa shape index (κ2) is 5.11. The molecule has 1 atom stereocenters. The second-order valence-electron chi connectivity index (χ2n) is 5.95. The molecule has 0 aliphatic rings. The molecule has 2 rings (SSSR count). The van der Waals surface area contributed by atoms with E-state index < -0.39 is 0 Å². The molecule has 1 aromatic carbocycles. The van der Waals surface area contributed by atoms with E-state index in [2.05, 4.69) is 43.2 Å². The Labute approximate surface area is 118 Å². The highest BCUT2D eigenvalue weighted by molar-refractivity contribution is 5.68. The van der Waals surface area contributed by atoms with Crippen LogP contribution in [0.25, 0.3) is 11.4 Å². The molecule has 20 heavy (non-hydrogen) atoms. The average Bonchev–Trinajstić information content (AvgIpc) is 2.85. The molecule has 6 heteroatoms. The van der Waals surface area contributed by atoms with Gasteiger partial charge in [0.1, 0.15) is 5.75 Å². The van der Waals surface area contributed by atoms with Crippen LogP contribution in [-0.2, 0) is 0 Å². The van der Waals surface area contributed by atoms with E-state index in [0.717, 1.165) is 5.56 Å². The Hall–Kier alpha value is -2.11. The van der Waals surface area contributed by atoms with Gasteiger partial charge in [0.25, 0.3) is 0 Å². The van der Waals surface area contributed by atoms with E-state index in [0.29, 0.717) is 17.3 Å². The molecule has 0 saturated carbocycles. The highest BCUT2D eigenvalue weighted by atomic mass is 16.5. The standard InChI is InChI=1S/C14H21N5O/c1-9(14(2,3)4)19-13(16-17-18-19)11-8-10(15)6-7-12(11)20-5/h6-9H,15H2,1-5H3. The molecule has 1 aromatic heterocycles. The second-order valence-corrected chi connectivity index (χ2v) is 5.95. The van der Waals surface area contributed by atoms with E-state index in [1.165, 1.54) is 0 Å². The molecule has 6 nitrogen and oxygen atoms in total. The zero-order chi connectivity index (χ0) is 14.9. The summed E-state index contributed by atoms with van der Waals surface area (Å²) in [5.41, 5.74) is 7.36. The highest BCUT2D eigenvalue weighted by Gasteiger charge is 2.26. The molecule has 0 bridgehead atoms. The Morgan fingerprint density at radius 1 is 1.30 bits per heavy atom.